The van der Waals surface area contributed by atoms with Gasteiger partial charge in [0.2, 0.25) is 21.8 Å². The van der Waals surface area contributed by atoms with E-state index in [0.717, 1.165) is 21.7 Å². The van der Waals surface area contributed by atoms with Crippen LogP contribution in [0.25, 0.3) is 0 Å². The molecular weight excluding hydrogens is 490 g/mol. The molecule has 1 N–H and O–H groups in total. The van der Waals surface area contributed by atoms with E-state index in [2.05, 4.69) is 5.32 Å². The van der Waals surface area contributed by atoms with Gasteiger partial charge in [0.25, 0.3) is 0 Å². The second-order valence-electron chi connectivity index (χ2n) is 9.92. The molecule has 2 rings (SSSR count). The Labute approximate surface area is 222 Å². The lowest BCUT2D eigenvalue weighted by atomic mass is 10.0. The number of nitrogens with zero attached hydrogens (tertiary/aromatic N) is 2. The summed E-state index contributed by atoms with van der Waals surface area (Å²) < 4.78 is 32.3. The first-order valence-corrected chi connectivity index (χ1v) is 14.5. The molecule has 0 spiro atoms. The fraction of sp³-hybridized carbons (Fsp3) is 0.500. The number of carbonyl (C=O) groups excluding carboxylic acids is 2. The maximum Gasteiger partial charge on any atom is 0.244 e. The fourth-order valence-corrected chi connectivity index (χ4v) is 4.98. The molecule has 2 amide bonds. The molecule has 204 valence electrons. The van der Waals surface area contributed by atoms with Crippen LogP contribution in [0.1, 0.15) is 58.1 Å². The van der Waals surface area contributed by atoms with E-state index in [9.17, 15) is 18.0 Å². The molecular formula is C28H41N3O5S. The van der Waals surface area contributed by atoms with Crippen molar-refractivity contribution >= 4 is 27.5 Å². The maximum absolute atomic E-state index is 13.9. The third-order valence-electron chi connectivity index (χ3n) is 6.06. The van der Waals surface area contributed by atoms with Crippen LogP contribution in [-0.4, -0.2) is 57.6 Å². The van der Waals surface area contributed by atoms with Gasteiger partial charge in [-0.25, -0.2) is 8.42 Å². The summed E-state index contributed by atoms with van der Waals surface area (Å²) in [5, 5.41) is 2.93. The monoisotopic (exact) mass is 531 g/mol. The van der Waals surface area contributed by atoms with Gasteiger partial charge in [0.05, 0.1) is 19.1 Å². The van der Waals surface area contributed by atoms with Crippen molar-refractivity contribution in [2.75, 3.05) is 30.8 Å². The lowest BCUT2D eigenvalue weighted by Gasteiger charge is -2.33. The highest BCUT2D eigenvalue weighted by molar-refractivity contribution is 7.92. The molecule has 2 aromatic rings. The molecule has 0 saturated heterocycles. The molecule has 0 aliphatic carbocycles. The van der Waals surface area contributed by atoms with Crippen molar-refractivity contribution in [2.24, 2.45) is 5.92 Å². The van der Waals surface area contributed by atoms with Crippen LogP contribution in [0.2, 0.25) is 0 Å². The van der Waals surface area contributed by atoms with Gasteiger partial charge in [0.1, 0.15) is 18.3 Å². The number of nitrogens with one attached hydrogen (secondary N) is 1. The van der Waals surface area contributed by atoms with E-state index in [1.54, 1.807) is 31.4 Å². The molecule has 0 radical (unpaired) electrons. The SMILES string of the molecule is CC[C@@H](C(=O)NCC(C)C)N(Cc1cccc(OC)c1)C(=O)CN(c1ccccc1C(C)C)S(C)(=O)=O. The Balaban J connectivity index is 2.50. The topological polar surface area (TPSA) is 96.0 Å². The first kappa shape index (κ1) is 30.2. The van der Waals surface area contributed by atoms with Crippen LogP contribution in [0.3, 0.4) is 0 Å². The van der Waals surface area contributed by atoms with Crippen LogP contribution in [0.5, 0.6) is 5.75 Å². The Hall–Kier alpha value is -3.07. The molecule has 37 heavy (non-hydrogen) atoms. The first-order chi connectivity index (χ1) is 17.4. The molecule has 9 heteroatoms. The molecule has 2 aromatic carbocycles. The number of sulfonamides is 1. The number of anilines is 1. The van der Waals surface area contributed by atoms with Crippen molar-refractivity contribution in [3.8, 4) is 5.75 Å². The lowest BCUT2D eigenvalue weighted by Crippen LogP contribution is -2.52. The van der Waals surface area contributed by atoms with Gasteiger partial charge in [-0.15, -0.1) is 0 Å². The summed E-state index contributed by atoms with van der Waals surface area (Å²) >= 11 is 0. The molecule has 0 aromatic heterocycles. The van der Waals surface area contributed by atoms with E-state index in [-0.39, 0.29) is 24.3 Å². The minimum Gasteiger partial charge on any atom is -0.497 e. The summed E-state index contributed by atoms with van der Waals surface area (Å²) in [6.07, 6.45) is 1.47. The number of hydrogen-bond donors (Lipinski definition) is 1. The van der Waals surface area contributed by atoms with Gasteiger partial charge in [-0.3, -0.25) is 13.9 Å². The highest BCUT2D eigenvalue weighted by Crippen LogP contribution is 2.29. The molecule has 0 fully saturated rings. The summed E-state index contributed by atoms with van der Waals surface area (Å²) in [5.41, 5.74) is 2.06. The largest absolute Gasteiger partial charge is 0.497 e. The van der Waals surface area contributed by atoms with Crippen LogP contribution >= 0.6 is 0 Å². The first-order valence-electron chi connectivity index (χ1n) is 12.7. The highest BCUT2D eigenvalue weighted by Gasteiger charge is 2.32. The number of carbonyl (C=O) groups is 2. The number of ether oxygens (including phenoxy) is 1. The summed E-state index contributed by atoms with van der Waals surface area (Å²) in [5.74, 6) is 0.205. The van der Waals surface area contributed by atoms with Crippen molar-refractivity contribution < 1.29 is 22.7 Å². The van der Waals surface area contributed by atoms with Crippen molar-refractivity contribution in [2.45, 2.75) is 59.5 Å². The molecule has 0 heterocycles. The van der Waals surface area contributed by atoms with Gasteiger partial charge in [-0.2, -0.15) is 0 Å². The Kier molecular flexibility index (Phi) is 11.0. The van der Waals surface area contributed by atoms with E-state index >= 15 is 0 Å². The van der Waals surface area contributed by atoms with Crippen LogP contribution in [-0.2, 0) is 26.2 Å². The van der Waals surface area contributed by atoms with E-state index in [0.29, 0.717) is 24.4 Å². The van der Waals surface area contributed by atoms with Gasteiger partial charge < -0.3 is 15.0 Å². The van der Waals surface area contributed by atoms with Crippen LogP contribution < -0.4 is 14.4 Å². The smallest absolute Gasteiger partial charge is 0.244 e. The summed E-state index contributed by atoms with van der Waals surface area (Å²) in [7, 11) is -2.23. The molecule has 0 aliphatic heterocycles. The van der Waals surface area contributed by atoms with Crippen molar-refractivity contribution in [3.05, 3.63) is 59.7 Å². The van der Waals surface area contributed by atoms with Gasteiger partial charge in [0, 0.05) is 13.1 Å². The van der Waals surface area contributed by atoms with Crippen molar-refractivity contribution in [1.29, 1.82) is 0 Å². The summed E-state index contributed by atoms with van der Waals surface area (Å²) in [4.78, 5) is 28.5. The van der Waals surface area contributed by atoms with E-state index < -0.39 is 28.5 Å². The predicted octanol–water partition coefficient (Wildman–Crippen LogP) is 4.16. The van der Waals surface area contributed by atoms with Gasteiger partial charge in [-0.05, 0) is 47.6 Å². The van der Waals surface area contributed by atoms with E-state index in [4.69, 9.17) is 4.74 Å². The molecule has 1 atom stereocenters. The molecule has 0 saturated carbocycles. The van der Waals surface area contributed by atoms with E-state index in [1.165, 1.54) is 4.90 Å². The molecule has 0 bridgehead atoms. The Morgan fingerprint density at radius 1 is 1.03 bits per heavy atom. The second kappa shape index (κ2) is 13.5. The number of amides is 2. The Bertz CT molecular complexity index is 1160. The second-order valence-corrected chi connectivity index (χ2v) is 11.8. The zero-order valence-corrected chi connectivity index (χ0v) is 23.8. The zero-order valence-electron chi connectivity index (χ0n) is 23.0. The average Bonchev–Trinajstić information content (AvgIpc) is 2.85. The van der Waals surface area contributed by atoms with Crippen LogP contribution in [0.4, 0.5) is 5.69 Å². The number of benzene rings is 2. The quantitative estimate of drug-likeness (QED) is 0.419. The number of hydrogen-bond acceptors (Lipinski definition) is 5. The van der Waals surface area contributed by atoms with Gasteiger partial charge >= 0.3 is 0 Å². The third kappa shape index (κ3) is 8.49. The summed E-state index contributed by atoms with van der Waals surface area (Å²) in [6.45, 7) is 9.98. The Morgan fingerprint density at radius 2 is 1.70 bits per heavy atom. The minimum absolute atomic E-state index is 0.0497. The maximum atomic E-state index is 13.9. The van der Waals surface area contributed by atoms with Crippen LogP contribution in [0, 0.1) is 5.92 Å². The molecule has 8 nitrogen and oxygen atoms in total. The van der Waals surface area contributed by atoms with E-state index in [1.807, 2.05) is 58.9 Å². The number of para-hydroxylation sites is 1. The third-order valence-corrected chi connectivity index (χ3v) is 7.19. The standard InChI is InChI=1S/C28H41N3O5S/c1-8-25(28(33)29-17-20(2)3)30(18-22-12-11-13-23(16-22)36-6)27(32)19-31(37(7,34)35)26-15-10-9-14-24(26)21(4)5/h9-16,20-21,25H,8,17-19H2,1-7H3,(H,29,33)/t25-/m0/s1. The average molecular weight is 532 g/mol. The van der Waals surface area contributed by atoms with Gasteiger partial charge in [-0.1, -0.05) is 65.0 Å². The normalized spacial score (nSPS) is 12.4. The van der Waals surface area contributed by atoms with Crippen molar-refractivity contribution in [1.82, 2.24) is 10.2 Å². The zero-order chi connectivity index (χ0) is 27.8. The van der Waals surface area contributed by atoms with Crippen molar-refractivity contribution in [3.63, 3.8) is 0 Å². The number of rotatable bonds is 13. The molecule has 0 unspecified atom stereocenters. The summed E-state index contributed by atoms with van der Waals surface area (Å²) in [6, 6.07) is 13.7. The lowest BCUT2D eigenvalue weighted by molar-refractivity contribution is -0.140. The highest BCUT2D eigenvalue weighted by atomic mass is 32.2. The predicted molar refractivity (Wildman–Crippen MR) is 148 cm³/mol. The Morgan fingerprint density at radius 3 is 2.27 bits per heavy atom. The fourth-order valence-electron chi connectivity index (χ4n) is 4.11. The van der Waals surface area contributed by atoms with Gasteiger partial charge in [0.15, 0.2) is 0 Å². The molecule has 0 aliphatic rings. The number of methoxy groups -OCH3 is 1. The minimum atomic E-state index is -3.79. The van der Waals surface area contributed by atoms with Crippen LogP contribution in [0.15, 0.2) is 48.5 Å².